The van der Waals surface area contributed by atoms with Gasteiger partial charge >= 0.3 is 0 Å². The van der Waals surface area contributed by atoms with Crippen molar-refractivity contribution in [2.24, 2.45) is 0 Å². The fourth-order valence-electron chi connectivity index (χ4n) is 1.82. The monoisotopic (exact) mass is 195 g/mol. The summed E-state index contributed by atoms with van der Waals surface area (Å²) >= 11 is 0. The third-order valence-corrected chi connectivity index (χ3v) is 2.40. The van der Waals surface area contributed by atoms with Gasteiger partial charge in [0.05, 0.1) is 5.57 Å². The van der Waals surface area contributed by atoms with E-state index in [-0.39, 0.29) is 17.7 Å². The Morgan fingerprint density at radius 1 is 1.57 bits per heavy atom. The summed E-state index contributed by atoms with van der Waals surface area (Å²) in [6.45, 7) is 5.76. The highest BCUT2D eigenvalue weighted by molar-refractivity contribution is 6.20. The predicted molar refractivity (Wildman–Crippen MR) is 54.8 cm³/mol. The molecular weight excluding hydrogens is 178 g/mol. The first-order chi connectivity index (χ1) is 6.56. The van der Waals surface area contributed by atoms with Crippen LogP contribution in [0.15, 0.2) is 11.1 Å². The summed E-state index contributed by atoms with van der Waals surface area (Å²) in [6.07, 6.45) is 2.05. The number of amides is 1. The minimum absolute atomic E-state index is 0.0191. The van der Waals surface area contributed by atoms with Crippen LogP contribution in [-0.4, -0.2) is 17.7 Å². The second-order valence-electron chi connectivity index (χ2n) is 3.91. The van der Waals surface area contributed by atoms with Gasteiger partial charge in [-0.15, -0.1) is 0 Å². The lowest BCUT2D eigenvalue weighted by Gasteiger charge is -2.22. The van der Waals surface area contributed by atoms with Gasteiger partial charge in [0.15, 0.2) is 5.78 Å². The molecule has 1 atom stereocenters. The molecule has 1 rings (SSSR count). The van der Waals surface area contributed by atoms with Crippen molar-refractivity contribution in [3.8, 4) is 0 Å². The molecule has 0 aromatic heterocycles. The molecule has 1 heterocycles. The zero-order chi connectivity index (χ0) is 10.7. The van der Waals surface area contributed by atoms with Crippen molar-refractivity contribution in [2.45, 2.75) is 46.1 Å². The smallest absolute Gasteiger partial charge is 0.255 e. The highest BCUT2D eigenvalue weighted by atomic mass is 16.2. The van der Waals surface area contributed by atoms with Gasteiger partial charge in [-0.25, -0.2) is 0 Å². The number of Topliss-reactive ketones (excluding diaryl/α,β-unsaturated/α-hetero) is 1. The molecule has 0 aromatic rings. The summed E-state index contributed by atoms with van der Waals surface area (Å²) in [6, 6.07) is 0.153. The normalized spacial score (nSPS) is 22.2. The van der Waals surface area contributed by atoms with Gasteiger partial charge in [-0.05, 0) is 26.7 Å². The van der Waals surface area contributed by atoms with E-state index in [0.717, 1.165) is 18.4 Å². The molecule has 0 bridgehead atoms. The topological polar surface area (TPSA) is 46.2 Å². The van der Waals surface area contributed by atoms with Gasteiger partial charge < -0.3 is 5.32 Å². The van der Waals surface area contributed by atoms with Gasteiger partial charge in [0.1, 0.15) is 0 Å². The van der Waals surface area contributed by atoms with Crippen molar-refractivity contribution < 1.29 is 9.59 Å². The number of hydrogen-bond acceptors (Lipinski definition) is 2. The molecule has 1 N–H and O–H groups in total. The number of rotatable bonds is 3. The van der Waals surface area contributed by atoms with E-state index in [1.54, 1.807) is 0 Å². The van der Waals surface area contributed by atoms with Gasteiger partial charge in [-0.3, -0.25) is 9.59 Å². The summed E-state index contributed by atoms with van der Waals surface area (Å²) in [5, 5.41) is 2.78. The van der Waals surface area contributed by atoms with Crippen LogP contribution in [0.1, 0.15) is 40.0 Å². The molecule has 0 aliphatic carbocycles. The lowest BCUT2D eigenvalue weighted by Crippen LogP contribution is -2.40. The Balaban J connectivity index is 2.89. The zero-order valence-corrected chi connectivity index (χ0v) is 9.02. The molecule has 14 heavy (non-hydrogen) atoms. The fraction of sp³-hybridized carbons (Fsp3) is 0.636. The van der Waals surface area contributed by atoms with E-state index >= 15 is 0 Å². The number of ketones is 1. The third kappa shape index (κ3) is 2.22. The Bertz CT molecular complexity index is 292. The Morgan fingerprint density at radius 2 is 2.21 bits per heavy atom. The van der Waals surface area contributed by atoms with E-state index in [4.69, 9.17) is 0 Å². The molecular formula is C11H17NO2. The second-order valence-corrected chi connectivity index (χ2v) is 3.91. The molecule has 1 unspecified atom stereocenters. The highest BCUT2D eigenvalue weighted by Crippen LogP contribution is 2.19. The molecule has 1 aliphatic heterocycles. The Morgan fingerprint density at radius 3 is 2.71 bits per heavy atom. The van der Waals surface area contributed by atoms with Crippen molar-refractivity contribution >= 4 is 11.7 Å². The quantitative estimate of drug-likeness (QED) is 0.695. The van der Waals surface area contributed by atoms with E-state index in [0.29, 0.717) is 12.0 Å². The second kappa shape index (κ2) is 4.40. The lowest BCUT2D eigenvalue weighted by atomic mass is 9.93. The van der Waals surface area contributed by atoms with E-state index < -0.39 is 0 Å². The Hall–Kier alpha value is -1.12. The molecule has 3 nitrogen and oxygen atoms in total. The molecule has 1 amide bonds. The molecule has 3 heteroatoms. The number of hydrogen-bond donors (Lipinski definition) is 1. The predicted octanol–water partition coefficient (Wildman–Crippen LogP) is 1.58. The van der Waals surface area contributed by atoms with E-state index in [1.807, 2.05) is 20.8 Å². The van der Waals surface area contributed by atoms with Crippen LogP contribution in [0, 0.1) is 0 Å². The molecule has 0 saturated carbocycles. The maximum Gasteiger partial charge on any atom is 0.255 e. The van der Waals surface area contributed by atoms with Crippen molar-refractivity contribution in [2.75, 3.05) is 0 Å². The Labute approximate surface area is 84.6 Å². The minimum atomic E-state index is -0.195. The summed E-state index contributed by atoms with van der Waals surface area (Å²) < 4.78 is 0. The molecule has 1 aliphatic rings. The van der Waals surface area contributed by atoms with Crippen molar-refractivity contribution in [3.05, 3.63) is 11.1 Å². The molecule has 0 radical (unpaired) electrons. The van der Waals surface area contributed by atoms with Crippen LogP contribution in [-0.2, 0) is 9.59 Å². The van der Waals surface area contributed by atoms with E-state index in [2.05, 4.69) is 5.32 Å². The number of nitrogens with one attached hydrogen (secondary N) is 1. The van der Waals surface area contributed by atoms with Crippen LogP contribution in [0.4, 0.5) is 0 Å². The van der Waals surface area contributed by atoms with Crippen LogP contribution in [0.2, 0.25) is 0 Å². The van der Waals surface area contributed by atoms with Gasteiger partial charge in [-0.2, -0.15) is 0 Å². The number of carbonyl (C=O) groups is 2. The van der Waals surface area contributed by atoms with Crippen LogP contribution in [0.5, 0.6) is 0 Å². The zero-order valence-electron chi connectivity index (χ0n) is 9.02. The summed E-state index contributed by atoms with van der Waals surface area (Å²) in [5.41, 5.74) is 1.32. The maximum atomic E-state index is 11.6. The minimum Gasteiger partial charge on any atom is -0.349 e. The van der Waals surface area contributed by atoms with Crippen molar-refractivity contribution in [3.63, 3.8) is 0 Å². The molecule has 0 aromatic carbocycles. The SMILES string of the molecule is CCCC(=O)C1=C(C)CC(C)NC1=O. The number of carbonyl (C=O) groups excluding carboxylic acids is 2. The molecule has 78 valence electrons. The van der Waals surface area contributed by atoms with E-state index in [1.165, 1.54) is 0 Å². The largest absolute Gasteiger partial charge is 0.349 e. The fourth-order valence-corrected chi connectivity index (χ4v) is 1.82. The van der Waals surface area contributed by atoms with Gasteiger partial charge in [0.2, 0.25) is 0 Å². The first-order valence-corrected chi connectivity index (χ1v) is 5.10. The highest BCUT2D eigenvalue weighted by Gasteiger charge is 2.26. The van der Waals surface area contributed by atoms with Crippen LogP contribution >= 0.6 is 0 Å². The average Bonchev–Trinajstić information content (AvgIpc) is 2.01. The maximum absolute atomic E-state index is 11.6. The lowest BCUT2D eigenvalue weighted by molar-refractivity contribution is -0.123. The van der Waals surface area contributed by atoms with Crippen LogP contribution in [0.25, 0.3) is 0 Å². The standard InChI is InChI=1S/C11H17NO2/c1-4-5-9(13)10-7(2)6-8(3)12-11(10)14/h8H,4-6H2,1-3H3,(H,12,14). The van der Waals surface area contributed by atoms with Gasteiger partial charge in [-0.1, -0.05) is 12.5 Å². The molecule has 0 fully saturated rings. The third-order valence-electron chi connectivity index (χ3n) is 2.40. The average molecular weight is 195 g/mol. The van der Waals surface area contributed by atoms with Gasteiger partial charge in [0, 0.05) is 12.5 Å². The first-order valence-electron chi connectivity index (χ1n) is 5.10. The first kappa shape index (κ1) is 11.0. The van der Waals surface area contributed by atoms with E-state index in [9.17, 15) is 9.59 Å². The van der Waals surface area contributed by atoms with Gasteiger partial charge in [0.25, 0.3) is 5.91 Å². The van der Waals surface area contributed by atoms with Crippen LogP contribution in [0.3, 0.4) is 0 Å². The van der Waals surface area contributed by atoms with Crippen molar-refractivity contribution in [1.29, 1.82) is 0 Å². The van der Waals surface area contributed by atoms with Crippen LogP contribution < -0.4 is 5.32 Å². The summed E-state index contributed by atoms with van der Waals surface area (Å²) in [5.74, 6) is -0.214. The molecule has 0 saturated heterocycles. The van der Waals surface area contributed by atoms with Crippen molar-refractivity contribution in [1.82, 2.24) is 5.32 Å². The molecule has 0 spiro atoms. The summed E-state index contributed by atoms with van der Waals surface area (Å²) in [7, 11) is 0. The summed E-state index contributed by atoms with van der Waals surface area (Å²) in [4.78, 5) is 23.1. The Kier molecular flexibility index (Phi) is 3.44.